The van der Waals surface area contributed by atoms with Gasteiger partial charge in [0.1, 0.15) is 5.82 Å². The van der Waals surface area contributed by atoms with Gasteiger partial charge in [0, 0.05) is 17.6 Å². The third-order valence-corrected chi connectivity index (χ3v) is 6.76. The Hall–Kier alpha value is -2.97. The van der Waals surface area contributed by atoms with E-state index in [1.54, 1.807) is 35.7 Å². The molecule has 0 fully saturated rings. The predicted octanol–water partition coefficient (Wildman–Crippen LogP) is 3.99. The first kappa shape index (κ1) is 21.3. The van der Waals surface area contributed by atoms with Gasteiger partial charge in [-0.2, -0.15) is 0 Å². The van der Waals surface area contributed by atoms with E-state index in [0.717, 1.165) is 12.0 Å². The lowest BCUT2D eigenvalue weighted by Gasteiger charge is -2.16. The third kappa shape index (κ3) is 4.86. The fourth-order valence-electron chi connectivity index (χ4n) is 3.10. The maximum Gasteiger partial charge on any atom is 0.267 e. The number of carbonyl (C=O) groups excluding carboxylic acids is 1. The predicted molar refractivity (Wildman–Crippen MR) is 126 cm³/mol. The van der Waals surface area contributed by atoms with Crippen LogP contribution in [0, 0.1) is 6.92 Å². The molecule has 8 heteroatoms. The van der Waals surface area contributed by atoms with Gasteiger partial charge in [-0.3, -0.25) is 9.59 Å². The van der Waals surface area contributed by atoms with Gasteiger partial charge in [-0.15, -0.1) is 11.3 Å². The Morgan fingerprint density at radius 1 is 1.19 bits per heavy atom. The molecule has 1 aromatic carbocycles. The summed E-state index contributed by atoms with van der Waals surface area (Å²) in [6, 6.07) is 15.0. The molecule has 0 radical (unpaired) electrons. The number of fused-ring (bicyclic) bond motifs is 1. The quantitative estimate of drug-likeness (QED) is 0.340. The molecule has 0 saturated carbocycles. The fourth-order valence-corrected chi connectivity index (χ4v) is 4.75. The summed E-state index contributed by atoms with van der Waals surface area (Å²) >= 11 is 2.93. The molecule has 1 amide bonds. The van der Waals surface area contributed by atoms with Crippen molar-refractivity contribution in [1.29, 1.82) is 0 Å². The highest BCUT2D eigenvalue weighted by Gasteiger charge is 2.20. The van der Waals surface area contributed by atoms with Gasteiger partial charge in [0.2, 0.25) is 5.91 Å². The number of aryl methyl sites for hydroxylation is 1. The molecule has 158 valence electrons. The SMILES string of the molecule is Cc1ccc(-n2c(SC(C)C(=O)NCCc3cccs3)nc3ccccc3c2=O)nc1. The number of thioether (sulfide) groups is 1. The highest BCUT2D eigenvalue weighted by atomic mass is 32.2. The largest absolute Gasteiger partial charge is 0.355 e. The summed E-state index contributed by atoms with van der Waals surface area (Å²) in [6.45, 7) is 4.33. The maximum absolute atomic E-state index is 13.3. The van der Waals surface area contributed by atoms with Gasteiger partial charge >= 0.3 is 0 Å². The molecule has 3 aromatic heterocycles. The number of nitrogens with one attached hydrogen (secondary N) is 1. The molecule has 31 heavy (non-hydrogen) atoms. The minimum absolute atomic E-state index is 0.0904. The van der Waals surface area contributed by atoms with E-state index in [2.05, 4.69) is 21.4 Å². The van der Waals surface area contributed by atoms with Gasteiger partial charge < -0.3 is 5.32 Å². The van der Waals surface area contributed by atoms with Gasteiger partial charge in [0.05, 0.1) is 16.2 Å². The van der Waals surface area contributed by atoms with E-state index in [1.807, 2.05) is 43.5 Å². The van der Waals surface area contributed by atoms with E-state index < -0.39 is 5.25 Å². The molecule has 0 aliphatic heterocycles. The number of hydrogen-bond donors (Lipinski definition) is 1. The number of rotatable bonds is 7. The number of amides is 1. The second-order valence-electron chi connectivity index (χ2n) is 7.13. The summed E-state index contributed by atoms with van der Waals surface area (Å²) in [5.41, 5.74) is 1.40. The summed E-state index contributed by atoms with van der Waals surface area (Å²) in [4.78, 5) is 36.3. The van der Waals surface area contributed by atoms with Crippen LogP contribution in [0.5, 0.6) is 0 Å². The van der Waals surface area contributed by atoms with Crippen LogP contribution < -0.4 is 10.9 Å². The molecule has 1 atom stereocenters. The van der Waals surface area contributed by atoms with Crippen molar-refractivity contribution in [2.45, 2.75) is 30.7 Å². The van der Waals surface area contributed by atoms with Gasteiger partial charge in [-0.1, -0.05) is 36.0 Å². The van der Waals surface area contributed by atoms with Crippen molar-refractivity contribution in [3.8, 4) is 5.82 Å². The van der Waals surface area contributed by atoms with Crippen LogP contribution in [0.25, 0.3) is 16.7 Å². The molecule has 0 bridgehead atoms. The first-order valence-corrected chi connectivity index (χ1v) is 11.7. The summed E-state index contributed by atoms with van der Waals surface area (Å²) in [5.74, 6) is 0.397. The second kappa shape index (κ2) is 9.45. The Labute approximate surface area is 188 Å². The lowest BCUT2D eigenvalue weighted by atomic mass is 10.2. The standard InChI is InChI=1S/C23H22N4O2S2/c1-15-9-10-20(25-14-15)27-22(29)18-7-3-4-8-19(18)26-23(27)31-16(2)21(28)24-12-11-17-6-5-13-30-17/h3-10,13-14,16H,11-12H2,1-2H3,(H,24,28). The minimum Gasteiger partial charge on any atom is -0.355 e. The summed E-state index contributed by atoms with van der Waals surface area (Å²) in [6.07, 6.45) is 2.51. The van der Waals surface area contributed by atoms with Gasteiger partial charge in [-0.05, 0) is 55.5 Å². The molecule has 4 rings (SSSR count). The van der Waals surface area contributed by atoms with E-state index in [9.17, 15) is 9.59 Å². The van der Waals surface area contributed by atoms with Crippen LogP contribution in [-0.2, 0) is 11.2 Å². The Bertz CT molecular complexity index is 1250. The molecule has 0 aliphatic carbocycles. The molecule has 4 aromatic rings. The van der Waals surface area contributed by atoms with Crippen LogP contribution >= 0.6 is 23.1 Å². The number of aromatic nitrogens is 3. The lowest BCUT2D eigenvalue weighted by molar-refractivity contribution is -0.120. The molecule has 1 N–H and O–H groups in total. The second-order valence-corrected chi connectivity index (χ2v) is 9.47. The number of nitrogens with zero attached hydrogens (tertiary/aromatic N) is 3. The van der Waals surface area contributed by atoms with E-state index in [1.165, 1.54) is 21.2 Å². The van der Waals surface area contributed by atoms with Crippen molar-refractivity contribution in [1.82, 2.24) is 19.9 Å². The van der Waals surface area contributed by atoms with Crippen LogP contribution in [-0.4, -0.2) is 32.2 Å². The number of benzene rings is 1. The van der Waals surface area contributed by atoms with Crippen molar-refractivity contribution in [3.05, 3.63) is 80.9 Å². The van der Waals surface area contributed by atoms with E-state index in [-0.39, 0.29) is 11.5 Å². The topological polar surface area (TPSA) is 76.9 Å². The van der Waals surface area contributed by atoms with Crippen molar-refractivity contribution < 1.29 is 4.79 Å². The average Bonchev–Trinajstić information content (AvgIpc) is 3.28. The van der Waals surface area contributed by atoms with Crippen molar-refractivity contribution in [3.63, 3.8) is 0 Å². The van der Waals surface area contributed by atoms with E-state index in [4.69, 9.17) is 0 Å². The van der Waals surface area contributed by atoms with Crippen molar-refractivity contribution >= 4 is 39.9 Å². The smallest absolute Gasteiger partial charge is 0.267 e. The van der Waals surface area contributed by atoms with Crippen LogP contribution in [0.15, 0.2) is 70.1 Å². The molecule has 0 aliphatic rings. The first-order valence-electron chi connectivity index (χ1n) is 9.94. The monoisotopic (exact) mass is 450 g/mol. The Kier molecular flexibility index (Phi) is 6.48. The van der Waals surface area contributed by atoms with Crippen molar-refractivity contribution in [2.24, 2.45) is 0 Å². The zero-order valence-corrected chi connectivity index (χ0v) is 18.9. The van der Waals surface area contributed by atoms with Crippen LogP contribution in [0.3, 0.4) is 0 Å². The zero-order chi connectivity index (χ0) is 21.8. The molecule has 6 nitrogen and oxygen atoms in total. The number of carbonyl (C=O) groups is 1. The molecule has 3 heterocycles. The molecule has 0 spiro atoms. The summed E-state index contributed by atoms with van der Waals surface area (Å²) < 4.78 is 1.49. The maximum atomic E-state index is 13.3. The van der Waals surface area contributed by atoms with E-state index >= 15 is 0 Å². The third-order valence-electron chi connectivity index (χ3n) is 4.77. The Balaban J connectivity index is 1.61. The van der Waals surface area contributed by atoms with Gasteiger partial charge in [0.25, 0.3) is 5.56 Å². The number of pyridine rings is 1. The molecular formula is C23H22N4O2S2. The normalized spacial score (nSPS) is 12.1. The Morgan fingerprint density at radius 3 is 2.77 bits per heavy atom. The first-order chi connectivity index (χ1) is 15.0. The van der Waals surface area contributed by atoms with Crippen LogP contribution in [0.1, 0.15) is 17.4 Å². The van der Waals surface area contributed by atoms with Crippen molar-refractivity contribution in [2.75, 3.05) is 6.54 Å². The Morgan fingerprint density at radius 2 is 2.03 bits per heavy atom. The van der Waals surface area contributed by atoms with Crippen LogP contribution in [0.4, 0.5) is 0 Å². The minimum atomic E-state index is -0.423. The molecule has 0 saturated heterocycles. The number of para-hydroxylation sites is 1. The van der Waals surface area contributed by atoms with E-state index in [0.29, 0.717) is 28.4 Å². The fraction of sp³-hybridized carbons (Fsp3) is 0.217. The molecule has 1 unspecified atom stereocenters. The number of hydrogen-bond acceptors (Lipinski definition) is 6. The summed E-state index contributed by atoms with van der Waals surface area (Å²) in [5, 5.41) is 5.54. The highest BCUT2D eigenvalue weighted by Crippen LogP contribution is 2.24. The average molecular weight is 451 g/mol. The van der Waals surface area contributed by atoms with Gasteiger partial charge in [-0.25, -0.2) is 14.5 Å². The number of thiophene rings is 1. The summed E-state index contributed by atoms with van der Waals surface area (Å²) in [7, 11) is 0. The van der Waals surface area contributed by atoms with Crippen LogP contribution in [0.2, 0.25) is 0 Å². The molecular weight excluding hydrogens is 428 g/mol. The highest BCUT2D eigenvalue weighted by molar-refractivity contribution is 8.00. The zero-order valence-electron chi connectivity index (χ0n) is 17.2. The lowest BCUT2D eigenvalue weighted by Crippen LogP contribution is -2.33. The van der Waals surface area contributed by atoms with Gasteiger partial charge in [0.15, 0.2) is 5.16 Å².